The van der Waals surface area contributed by atoms with Crippen molar-refractivity contribution < 1.29 is 4.92 Å². The second kappa shape index (κ2) is 5.63. The van der Waals surface area contributed by atoms with Gasteiger partial charge in [0.25, 0.3) is 0 Å². The van der Waals surface area contributed by atoms with Crippen LogP contribution in [0.25, 0.3) is 0 Å². The lowest BCUT2D eigenvalue weighted by Crippen LogP contribution is -2.58. The third-order valence-corrected chi connectivity index (χ3v) is 3.11. The van der Waals surface area contributed by atoms with Crippen molar-refractivity contribution in [3.63, 3.8) is 0 Å². The lowest BCUT2D eigenvalue weighted by atomic mass is 10.1. The van der Waals surface area contributed by atoms with Gasteiger partial charge in [0.2, 0.25) is 5.82 Å². The molecule has 1 fully saturated rings. The minimum atomic E-state index is -0.474. The van der Waals surface area contributed by atoms with Crippen LogP contribution in [0.5, 0.6) is 0 Å². The van der Waals surface area contributed by atoms with Gasteiger partial charge in [-0.05, 0) is 6.42 Å². The summed E-state index contributed by atoms with van der Waals surface area (Å²) in [6.07, 6.45) is 2.27. The number of nitro groups is 1. The molecule has 1 N–H and O–H groups in total. The molecule has 100 valence electrons. The maximum absolute atomic E-state index is 11.1. The first-order valence-electron chi connectivity index (χ1n) is 6.19. The summed E-state index contributed by atoms with van der Waals surface area (Å²) in [4.78, 5) is 16.7. The highest BCUT2D eigenvalue weighted by atomic mass is 16.6. The molecular formula is C12H15N5O2. The Morgan fingerprint density at radius 3 is 2.89 bits per heavy atom. The summed E-state index contributed by atoms with van der Waals surface area (Å²) in [5.41, 5.74) is 0.109. The number of hydrogen-bond acceptors (Lipinski definition) is 6. The van der Waals surface area contributed by atoms with Gasteiger partial charge >= 0.3 is 5.69 Å². The van der Waals surface area contributed by atoms with E-state index in [0.717, 1.165) is 19.5 Å². The van der Waals surface area contributed by atoms with Gasteiger partial charge in [-0.2, -0.15) is 5.26 Å². The summed E-state index contributed by atoms with van der Waals surface area (Å²) in [5, 5.41) is 23.1. The Morgan fingerprint density at radius 1 is 1.68 bits per heavy atom. The van der Waals surface area contributed by atoms with Crippen LogP contribution in [-0.4, -0.2) is 35.6 Å². The highest BCUT2D eigenvalue weighted by Crippen LogP contribution is 2.28. The molecule has 0 saturated carbocycles. The number of rotatable bonds is 5. The summed E-state index contributed by atoms with van der Waals surface area (Å²) in [6, 6.07) is 3.40. The molecule has 1 saturated heterocycles. The first-order valence-corrected chi connectivity index (χ1v) is 6.19. The fourth-order valence-corrected chi connectivity index (χ4v) is 2.06. The minimum Gasteiger partial charge on any atom is -0.345 e. The molecule has 0 atom stereocenters. The molecule has 0 aromatic carbocycles. The first kappa shape index (κ1) is 13.2. The zero-order chi connectivity index (χ0) is 13.8. The maximum Gasteiger partial charge on any atom is 0.312 e. The lowest BCUT2D eigenvalue weighted by molar-refractivity contribution is -0.384. The zero-order valence-electron chi connectivity index (χ0n) is 10.7. The second-order valence-corrected chi connectivity index (χ2v) is 4.44. The number of anilines is 1. The third-order valence-electron chi connectivity index (χ3n) is 3.11. The zero-order valence-corrected chi connectivity index (χ0v) is 10.7. The van der Waals surface area contributed by atoms with Crippen LogP contribution >= 0.6 is 0 Å². The molecule has 2 rings (SSSR count). The van der Waals surface area contributed by atoms with E-state index in [2.05, 4.69) is 10.3 Å². The van der Waals surface area contributed by atoms with Crippen molar-refractivity contribution in [1.29, 1.82) is 5.26 Å². The number of nitrogens with zero attached hydrogens (tertiary/aromatic N) is 4. The van der Waals surface area contributed by atoms with Gasteiger partial charge in [0.15, 0.2) is 0 Å². The largest absolute Gasteiger partial charge is 0.345 e. The standard InChI is InChI=1S/C12H15N5O2/c1-2-3-16(10-7-14-8-10)12-11(17(18)19)4-9(5-13)6-15-12/h4,6,10,14H,2-3,7-8H2,1H3. The molecular weight excluding hydrogens is 246 g/mol. The van der Waals surface area contributed by atoms with Crippen LogP contribution in [-0.2, 0) is 0 Å². The van der Waals surface area contributed by atoms with Gasteiger partial charge in [-0.25, -0.2) is 4.98 Å². The van der Waals surface area contributed by atoms with E-state index in [1.165, 1.54) is 12.3 Å². The van der Waals surface area contributed by atoms with Gasteiger partial charge in [-0.3, -0.25) is 10.1 Å². The topological polar surface area (TPSA) is 95.1 Å². The molecule has 1 aliphatic rings. The Balaban J connectivity index is 2.40. The Bertz CT molecular complexity index is 521. The normalized spacial score (nSPS) is 14.5. The Hall–Kier alpha value is -2.20. The van der Waals surface area contributed by atoms with E-state index in [1.807, 2.05) is 17.9 Å². The molecule has 1 aromatic rings. The molecule has 2 heterocycles. The van der Waals surface area contributed by atoms with Gasteiger partial charge in [0.1, 0.15) is 6.07 Å². The van der Waals surface area contributed by atoms with E-state index in [4.69, 9.17) is 5.26 Å². The average molecular weight is 261 g/mol. The van der Waals surface area contributed by atoms with Crippen LogP contribution in [0.4, 0.5) is 11.5 Å². The average Bonchev–Trinajstić information content (AvgIpc) is 2.35. The van der Waals surface area contributed by atoms with E-state index in [1.54, 1.807) is 0 Å². The molecule has 0 spiro atoms. The molecule has 0 aliphatic carbocycles. The van der Waals surface area contributed by atoms with E-state index in [0.29, 0.717) is 12.4 Å². The Kier molecular flexibility index (Phi) is 3.92. The van der Waals surface area contributed by atoms with Crippen molar-refractivity contribution in [2.45, 2.75) is 19.4 Å². The fourth-order valence-electron chi connectivity index (χ4n) is 2.06. The Labute approximate surface area is 111 Å². The van der Waals surface area contributed by atoms with Crippen molar-refractivity contribution in [3.05, 3.63) is 27.9 Å². The number of nitrogens with one attached hydrogen (secondary N) is 1. The molecule has 0 amide bonds. The van der Waals surface area contributed by atoms with Gasteiger partial charge in [-0.1, -0.05) is 6.92 Å². The molecule has 1 aromatic heterocycles. The minimum absolute atomic E-state index is 0.0978. The molecule has 7 heteroatoms. The summed E-state index contributed by atoms with van der Waals surface area (Å²) < 4.78 is 0. The van der Waals surface area contributed by atoms with Gasteiger partial charge < -0.3 is 10.2 Å². The predicted octanol–water partition coefficient (Wildman–Crippen LogP) is 1.05. The van der Waals surface area contributed by atoms with Crippen LogP contribution in [0.2, 0.25) is 0 Å². The smallest absolute Gasteiger partial charge is 0.312 e. The summed E-state index contributed by atoms with van der Waals surface area (Å²) in [7, 11) is 0. The van der Waals surface area contributed by atoms with E-state index < -0.39 is 4.92 Å². The predicted molar refractivity (Wildman–Crippen MR) is 69.9 cm³/mol. The monoisotopic (exact) mass is 261 g/mol. The maximum atomic E-state index is 11.1. The fraction of sp³-hybridized carbons (Fsp3) is 0.500. The summed E-state index contributed by atoms with van der Waals surface area (Å²) in [5.74, 6) is 0.359. The number of aromatic nitrogens is 1. The molecule has 7 nitrogen and oxygen atoms in total. The van der Waals surface area contributed by atoms with Crippen molar-refractivity contribution in [3.8, 4) is 6.07 Å². The molecule has 0 unspecified atom stereocenters. The lowest BCUT2D eigenvalue weighted by Gasteiger charge is -2.38. The van der Waals surface area contributed by atoms with Gasteiger partial charge in [0, 0.05) is 31.9 Å². The van der Waals surface area contributed by atoms with Crippen molar-refractivity contribution in [2.75, 3.05) is 24.5 Å². The molecule has 1 aliphatic heterocycles. The summed E-state index contributed by atoms with van der Waals surface area (Å²) >= 11 is 0. The quantitative estimate of drug-likeness (QED) is 0.628. The SMILES string of the molecule is CCCN(c1ncc(C#N)cc1[N+](=O)[O-])C1CNC1. The van der Waals surface area contributed by atoms with E-state index in [-0.39, 0.29) is 17.3 Å². The van der Waals surface area contributed by atoms with Crippen molar-refractivity contribution in [2.24, 2.45) is 0 Å². The number of pyridine rings is 1. The van der Waals surface area contributed by atoms with Crippen LogP contribution in [0.1, 0.15) is 18.9 Å². The number of hydrogen-bond donors (Lipinski definition) is 1. The summed E-state index contributed by atoms with van der Waals surface area (Å²) in [6.45, 7) is 4.35. The van der Waals surface area contributed by atoms with Crippen molar-refractivity contribution >= 4 is 11.5 Å². The van der Waals surface area contributed by atoms with Crippen LogP contribution < -0.4 is 10.2 Å². The van der Waals surface area contributed by atoms with Crippen LogP contribution in [0.15, 0.2) is 12.3 Å². The second-order valence-electron chi connectivity index (χ2n) is 4.44. The number of nitriles is 1. The van der Waals surface area contributed by atoms with E-state index >= 15 is 0 Å². The molecule has 0 radical (unpaired) electrons. The Morgan fingerprint density at radius 2 is 2.42 bits per heavy atom. The molecule has 0 bridgehead atoms. The molecule has 19 heavy (non-hydrogen) atoms. The highest BCUT2D eigenvalue weighted by molar-refractivity contribution is 5.61. The van der Waals surface area contributed by atoms with E-state index in [9.17, 15) is 10.1 Å². The van der Waals surface area contributed by atoms with Gasteiger partial charge in [0.05, 0.1) is 16.5 Å². The van der Waals surface area contributed by atoms with Gasteiger partial charge in [-0.15, -0.1) is 0 Å². The van der Waals surface area contributed by atoms with Crippen molar-refractivity contribution in [1.82, 2.24) is 10.3 Å². The van der Waals surface area contributed by atoms with Crippen LogP contribution in [0.3, 0.4) is 0 Å². The first-order chi connectivity index (χ1) is 9.17. The third kappa shape index (κ3) is 2.63. The highest BCUT2D eigenvalue weighted by Gasteiger charge is 2.30. The van der Waals surface area contributed by atoms with Crippen LogP contribution in [0, 0.1) is 21.4 Å².